The summed E-state index contributed by atoms with van der Waals surface area (Å²) in [6.45, 7) is 1.85. The number of benzene rings is 2. The Morgan fingerprint density at radius 1 is 1.05 bits per heavy atom. The van der Waals surface area contributed by atoms with Crippen LogP contribution in [0.5, 0.6) is 11.5 Å². The van der Waals surface area contributed by atoms with Gasteiger partial charge >= 0.3 is 10.1 Å². The Labute approximate surface area is 123 Å². The van der Waals surface area contributed by atoms with E-state index in [-0.39, 0.29) is 16.2 Å². The summed E-state index contributed by atoms with van der Waals surface area (Å²) in [6, 6.07) is 10.6. The molecule has 0 saturated carbocycles. The minimum Gasteiger partial charge on any atom is -0.497 e. The van der Waals surface area contributed by atoms with Crippen LogP contribution in [0.4, 0.5) is 0 Å². The molecule has 0 fully saturated rings. The Morgan fingerprint density at radius 2 is 1.71 bits per heavy atom. The molecule has 2 rings (SSSR count). The van der Waals surface area contributed by atoms with Crippen LogP contribution >= 0.6 is 0 Å². The van der Waals surface area contributed by atoms with Crippen LogP contribution in [0.25, 0.3) is 0 Å². The zero-order valence-corrected chi connectivity index (χ0v) is 12.4. The number of ether oxygens (including phenoxy) is 1. The van der Waals surface area contributed by atoms with Crippen LogP contribution in [-0.4, -0.2) is 21.8 Å². The number of hydrogen-bond acceptors (Lipinski definition) is 5. The molecule has 2 aromatic rings. The van der Waals surface area contributed by atoms with Crippen molar-refractivity contribution in [2.75, 3.05) is 7.11 Å². The number of hydrogen-bond donors (Lipinski definition) is 0. The number of carbonyl (C=O) groups excluding carboxylic acids is 1. The summed E-state index contributed by atoms with van der Waals surface area (Å²) in [6.07, 6.45) is 0.527. The maximum atomic E-state index is 12.2. The normalized spacial score (nSPS) is 11.0. The molecule has 110 valence electrons. The topological polar surface area (TPSA) is 69.7 Å². The van der Waals surface area contributed by atoms with Crippen molar-refractivity contribution < 1.29 is 22.1 Å². The first-order chi connectivity index (χ1) is 9.96. The summed E-state index contributed by atoms with van der Waals surface area (Å²) in [7, 11) is -2.56. The average Bonchev–Trinajstić information content (AvgIpc) is 2.47. The van der Waals surface area contributed by atoms with Gasteiger partial charge in [-0.15, -0.1) is 0 Å². The summed E-state index contributed by atoms with van der Waals surface area (Å²) in [5.74, 6) is 0.333. The Morgan fingerprint density at radius 3 is 2.29 bits per heavy atom. The molecule has 6 heteroatoms. The molecular formula is C15H14O5S. The van der Waals surface area contributed by atoms with Crippen molar-refractivity contribution in [3.63, 3.8) is 0 Å². The van der Waals surface area contributed by atoms with Crippen LogP contribution in [0.1, 0.15) is 15.9 Å². The van der Waals surface area contributed by atoms with Gasteiger partial charge in [0.15, 0.2) is 12.0 Å². The first-order valence-corrected chi connectivity index (χ1v) is 7.51. The lowest BCUT2D eigenvalue weighted by Crippen LogP contribution is -2.11. The van der Waals surface area contributed by atoms with Crippen LogP contribution in [0.2, 0.25) is 0 Å². The number of rotatable bonds is 5. The Balaban J connectivity index is 2.40. The summed E-state index contributed by atoms with van der Waals surface area (Å²) >= 11 is 0. The lowest BCUT2D eigenvalue weighted by atomic mass is 10.2. The van der Waals surface area contributed by atoms with E-state index >= 15 is 0 Å². The van der Waals surface area contributed by atoms with Gasteiger partial charge < -0.3 is 8.92 Å². The van der Waals surface area contributed by atoms with Gasteiger partial charge in [0.05, 0.1) is 12.7 Å². The van der Waals surface area contributed by atoms with Crippen LogP contribution in [0.15, 0.2) is 47.4 Å². The minimum atomic E-state index is -4.00. The molecular weight excluding hydrogens is 292 g/mol. The van der Waals surface area contributed by atoms with E-state index in [0.717, 1.165) is 5.56 Å². The Kier molecular flexibility index (Phi) is 4.28. The SMILES string of the molecule is COc1ccc(C=O)c(OS(=O)(=O)c2ccc(C)cc2)c1. The summed E-state index contributed by atoms with van der Waals surface area (Å²) in [4.78, 5) is 11.0. The van der Waals surface area contributed by atoms with Crippen molar-refractivity contribution in [1.82, 2.24) is 0 Å². The van der Waals surface area contributed by atoms with Gasteiger partial charge in [0.2, 0.25) is 0 Å². The first-order valence-electron chi connectivity index (χ1n) is 6.10. The van der Waals surface area contributed by atoms with Gasteiger partial charge in [0.1, 0.15) is 10.6 Å². The summed E-state index contributed by atoms with van der Waals surface area (Å²) in [5.41, 5.74) is 1.07. The number of carbonyl (C=O) groups is 1. The molecule has 0 aliphatic carbocycles. The predicted molar refractivity (Wildman–Crippen MR) is 77.4 cm³/mol. The summed E-state index contributed by atoms with van der Waals surface area (Å²) < 4.78 is 34.5. The number of aryl methyl sites for hydroxylation is 1. The standard InChI is InChI=1S/C15H14O5S/c1-11-3-7-14(8-4-11)21(17,18)20-15-9-13(19-2)6-5-12(15)10-16/h3-10H,1-2H3. The van der Waals surface area contributed by atoms with Crippen molar-refractivity contribution >= 4 is 16.4 Å². The second-order valence-corrected chi connectivity index (χ2v) is 5.92. The van der Waals surface area contributed by atoms with Gasteiger partial charge in [-0.25, -0.2) is 0 Å². The highest BCUT2D eigenvalue weighted by molar-refractivity contribution is 7.87. The molecule has 0 bridgehead atoms. The average molecular weight is 306 g/mol. The largest absolute Gasteiger partial charge is 0.497 e. The zero-order valence-electron chi connectivity index (χ0n) is 11.6. The van der Waals surface area contributed by atoms with Gasteiger partial charge in [0.25, 0.3) is 0 Å². The molecule has 0 saturated heterocycles. The lowest BCUT2D eigenvalue weighted by Gasteiger charge is -2.10. The third-order valence-electron chi connectivity index (χ3n) is 2.86. The smallest absolute Gasteiger partial charge is 0.339 e. The lowest BCUT2D eigenvalue weighted by molar-refractivity contribution is 0.112. The van der Waals surface area contributed by atoms with E-state index in [0.29, 0.717) is 12.0 Å². The Hall–Kier alpha value is -2.34. The highest BCUT2D eigenvalue weighted by Gasteiger charge is 2.18. The van der Waals surface area contributed by atoms with E-state index in [1.165, 1.54) is 31.4 Å². The molecule has 0 aliphatic rings. The highest BCUT2D eigenvalue weighted by Crippen LogP contribution is 2.26. The molecule has 5 nitrogen and oxygen atoms in total. The summed E-state index contributed by atoms with van der Waals surface area (Å²) in [5, 5.41) is 0. The molecule has 0 radical (unpaired) electrons. The quantitative estimate of drug-likeness (QED) is 0.627. The van der Waals surface area contributed by atoms with Gasteiger partial charge in [-0.3, -0.25) is 4.79 Å². The maximum absolute atomic E-state index is 12.2. The number of aldehydes is 1. The zero-order chi connectivity index (χ0) is 15.5. The molecule has 21 heavy (non-hydrogen) atoms. The van der Waals surface area contributed by atoms with E-state index in [1.54, 1.807) is 18.2 Å². The fourth-order valence-electron chi connectivity index (χ4n) is 1.68. The molecule has 2 aromatic carbocycles. The molecule has 0 N–H and O–H groups in total. The molecule has 0 amide bonds. The van der Waals surface area contributed by atoms with Crippen molar-refractivity contribution in [2.24, 2.45) is 0 Å². The van der Waals surface area contributed by atoms with Crippen molar-refractivity contribution in [3.05, 3.63) is 53.6 Å². The van der Waals surface area contributed by atoms with E-state index < -0.39 is 10.1 Å². The Bertz CT molecular complexity index is 748. The van der Waals surface area contributed by atoms with E-state index in [2.05, 4.69) is 0 Å². The third-order valence-corrected chi connectivity index (χ3v) is 4.11. The fourth-order valence-corrected chi connectivity index (χ4v) is 2.63. The van der Waals surface area contributed by atoms with Crippen LogP contribution in [0, 0.1) is 6.92 Å². The highest BCUT2D eigenvalue weighted by atomic mass is 32.2. The van der Waals surface area contributed by atoms with Crippen molar-refractivity contribution in [2.45, 2.75) is 11.8 Å². The second kappa shape index (κ2) is 5.97. The molecule has 0 aliphatic heterocycles. The molecule has 0 atom stereocenters. The number of methoxy groups -OCH3 is 1. The molecule has 0 heterocycles. The van der Waals surface area contributed by atoms with Gasteiger partial charge in [-0.05, 0) is 31.2 Å². The monoisotopic (exact) mass is 306 g/mol. The molecule has 0 spiro atoms. The fraction of sp³-hybridized carbons (Fsp3) is 0.133. The van der Waals surface area contributed by atoms with Crippen molar-refractivity contribution in [3.8, 4) is 11.5 Å². The minimum absolute atomic E-state index is 0.0211. The van der Waals surface area contributed by atoms with Gasteiger partial charge in [0, 0.05) is 6.07 Å². The first kappa shape index (κ1) is 15.1. The van der Waals surface area contributed by atoms with Crippen LogP contribution in [0.3, 0.4) is 0 Å². The maximum Gasteiger partial charge on any atom is 0.339 e. The molecule has 0 unspecified atom stereocenters. The molecule has 0 aromatic heterocycles. The van der Waals surface area contributed by atoms with Crippen LogP contribution < -0.4 is 8.92 Å². The second-order valence-electron chi connectivity index (χ2n) is 4.37. The van der Waals surface area contributed by atoms with E-state index in [9.17, 15) is 13.2 Å². The van der Waals surface area contributed by atoms with Gasteiger partial charge in [-0.1, -0.05) is 17.7 Å². The third kappa shape index (κ3) is 3.41. The van der Waals surface area contributed by atoms with E-state index in [1.807, 2.05) is 6.92 Å². The van der Waals surface area contributed by atoms with Crippen molar-refractivity contribution in [1.29, 1.82) is 0 Å². The van der Waals surface area contributed by atoms with Gasteiger partial charge in [-0.2, -0.15) is 8.42 Å². The van der Waals surface area contributed by atoms with Crippen LogP contribution in [-0.2, 0) is 10.1 Å². The predicted octanol–water partition coefficient (Wildman–Crippen LogP) is 2.58. The van der Waals surface area contributed by atoms with E-state index in [4.69, 9.17) is 8.92 Å².